The third-order valence-corrected chi connectivity index (χ3v) is 2.68. The molecule has 0 bridgehead atoms. The highest BCUT2D eigenvalue weighted by atomic mass is 16.5. The molecule has 7 nitrogen and oxygen atoms in total. The van der Waals surface area contributed by atoms with Crippen molar-refractivity contribution in [3.63, 3.8) is 0 Å². The summed E-state index contributed by atoms with van der Waals surface area (Å²) in [6.07, 6.45) is 0. The number of anilines is 1. The molecule has 7 heteroatoms. The van der Waals surface area contributed by atoms with E-state index in [1.165, 1.54) is 0 Å². The van der Waals surface area contributed by atoms with Crippen LogP contribution in [0.2, 0.25) is 0 Å². The largest absolute Gasteiger partial charge is 0.496 e. The highest BCUT2D eigenvalue weighted by Gasteiger charge is 2.14. The van der Waals surface area contributed by atoms with E-state index in [1.807, 2.05) is 6.92 Å². The lowest BCUT2D eigenvalue weighted by Gasteiger charge is -2.10. The summed E-state index contributed by atoms with van der Waals surface area (Å²) >= 11 is 0. The Hall–Kier alpha value is -2.88. The van der Waals surface area contributed by atoms with Gasteiger partial charge in [-0.3, -0.25) is 0 Å². The van der Waals surface area contributed by atoms with Gasteiger partial charge in [0.05, 0.1) is 30.9 Å². The molecule has 1 N–H and O–H groups in total. The number of nitrogens with one attached hydrogen (secondary N) is 1. The summed E-state index contributed by atoms with van der Waals surface area (Å²) < 4.78 is 10.6. The molecule has 0 spiro atoms. The summed E-state index contributed by atoms with van der Waals surface area (Å²) in [7, 11) is 3.26. The Balaban J connectivity index is 2.59. The van der Waals surface area contributed by atoms with E-state index in [0.717, 1.165) is 0 Å². The average Bonchev–Trinajstić information content (AvgIpc) is 2.54. The lowest BCUT2D eigenvalue weighted by molar-refractivity contribution is 0.312. The molecule has 2 aromatic rings. The molecule has 0 radical (unpaired) electrons. The topological polar surface area (TPSA) is 93.0 Å². The first-order valence-corrected chi connectivity index (χ1v) is 6.37. The van der Waals surface area contributed by atoms with Crippen LogP contribution in [0.15, 0.2) is 18.2 Å². The van der Waals surface area contributed by atoms with Gasteiger partial charge in [0.1, 0.15) is 5.75 Å². The number of hydrogen-bond acceptors (Lipinski definition) is 7. The molecule has 2 rings (SSSR count). The van der Waals surface area contributed by atoms with Gasteiger partial charge in [-0.1, -0.05) is 0 Å². The molecule has 0 aliphatic carbocycles. The zero-order valence-corrected chi connectivity index (χ0v) is 12.0. The summed E-state index contributed by atoms with van der Waals surface area (Å²) in [5.74, 6) is 1.34. The van der Waals surface area contributed by atoms with Gasteiger partial charge in [0.15, 0.2) is 5.82 Å². The van der Waals surface area contributed by atoms with Crippen molar-refractivity contribution in [1.82, 2.24) is 15.0 Å². The number of nitriles is 1. The van der Waals surface area contributed by atoms with E-state index in [1.54, 1.807) is 32.4 Å². The summed E-state index contributed by atoms with van der Waals surface area (Å²) in [5, 5.41) is 11.9. The van der Waals surface area contributed by atoms with E-state index in [2.05, 4.69) is 26.3 Å². The van der Waals surface area contributed by atoms with Crippen LogP contribution in [-0.4, -0.2) is 35.7 Å². The van der Waals surface area contributed by atoms with Crippen LogP contribution in [0.3, 0.4) is 0 Å². The Bertz CT molecular complexity index is 682. The molecule has 1 aromatic heterocycles. The zero-order valence-electron chi connectivity index (χ0n) is 12.0. The maximum Gasteiger partial charge on any atom is 0.321 e. The molecule has 108 valence electrons. The molecule has 1 heterocycles. The SMILES string of the molecule is CCOc1nc(NC)nc(-c2cc(C#N)ccc2OC)n1. The lowest BCUT2D eigenvalue weighted by atomic mass is 10.1. The maximum atomic E-state index is 9.03. The molecular formula is C14H15N5O2. The third-order valence-electron chi connectivity index (χ3n) is 2.68. The number of rotatable bonds is 5. The van der Waals surface area contributed by atoms with Crippen LogP contribution < -0.4 is 14.8 Å². The van der Waals surface area contributed by atoms with Crippen LogP contribution in [0.5, 0.6) is 11.8 Å². The first kappa shape index (κ1) is 14.5. The van der Waals surface area contributed by atoms with Crippen molar-refractivity contribution in [2.24, 2.45) is 0 Å². The fourth-order valence-electron chi connectivity index (χ4n) is 1.73. The van der Waals surface area contributed by atoms with Crippen molar-refractivity contribution >= 4 is 5.95 Å². The molecule has 0 unspecified atom stereocenters. The minimum atomic E-state index is 0.219. The van der Waals surface area contributed by atoms with Gasteiger partial charge in [0.25, 0.3) is 0 Å². The Labute approximate surface area is 122 Å². The van der Waals surface area contributed by atoms with Crippen LogP contribution in [0, 0.1) is 11.3 Å². The summed E-state index contributed by atoms with van der Waals surface area (Å²) in [6, 6.07) is 7.35. The second kappa shape index (κ2) is 6.52. The molecule has 0 aliphatic heterocycles. The summed E-state index contributed by atoms with van der Waals surface area (Å²) in [5.41, 5.74) is 1.10. The molecule has 0 aliphatic rings. The van der Waals surface area contributed by atoms with E-state index in [4.69, 9.17) is 14.7 Å². The van der Waals surface area contributed by atoms with E-state index in [-0.39, 0.29) is 6.01 Å². The Kier molecular flexibility index (Phi) is 4.51. The number of ether oxygens (including phenoxy) is 2. The van der Waals surface area contributed by atoms with Gasteiger partial charge >= 0.3 is 6.01 Å². The minimum Gasteiger partial charge on any atom is -0.496 e. The predicted octanol–water partition coefficient (Wildman–Crippen LogP) is 1.86. The molecule has 0 saturated heterocycles. The van der Waals surface area contributed by atoms with Crippen molar-refractivity contribution in [2.45, 2.75) is 6.92 Å². The van der Waals surface area contributed by atoms with Crippen molar-refractivity contribution < 1.29 is 9.47 Å². The second-order valence-electron chi connectivity index (χ2n) is 3.98. The van der Waals surface area contributed by atoms with Crippen LogP contribution in [-0.2, 0) is 0 Å². The van der Waals surface area contributed by atoms with Crippen molar-refractivity contribution in [2.75, 3.05) is 26.1 Å². The normalized spacial score (nSPS) is 9.81. The van der Waals surface area contributed by atoms with Gasteiger partial charge in [-0.25, -0.2) is 0 Å². The van der Waals surface area contributed by atoms with Gasteiger partial charge in [-0.05, 0) is 25.1 Å². The number of nitrogens with zero attached hydrogens (tertiary/aromatic N) is 4. The molecular weight excluding hydrogens is 270 g/mol. The van der Waals surface area contributed by atoms with Crippen LogP contribution in [0.25, 0.3) is 11.4 Å². The van der Waals surface area contributed by atoms with Crippen LogP contribution in [0.4, 0.5) is 5.95 Å². The Morgan fingerprint density at radius 3 is 2.71 bits per heavy atom. The summed E-state index contributed by atoms with van der Waals surface area (Å²) in [4.78, 5) is 12.6. The highest BCUT2D eigenvalue weighted by Crippen LogP contribution is 2.29. The van der Waals surface area contributed by atoms with Crippen molar-refractivity contribution in [1.29, 1.82) is 5.26 Å². The van der Waals surface area contributed by atoms with Crippen LogP contribution >= 0.6 is 0 Å². The standard InChI is InChI=1S/C14H15N5O2/c1-4-21-14-18-12(17-13(16-2)19-14)10-7-9(8-15)5-6-11(10)20-3/h5-7H,4H2,1-3H3,(H,16,17,18,19). The van der Waals surface area contributed by atoms with E-state index < -0.39 is 0 Å². The summed E-state index contributed by atoms with van der Waals surface area (Å²) in [6.45, 7) is 2.29. The van der Waals surface area contributed by atoms with Gasteiger partial charge in [0, 0.05) is 7.05 Å². The average molecular weight is 285 g/mol. The molecule has 1 aromatic carbocycles. The van der Waals surface area contributed by atoms with E-state index in [0.29, 0.717) is 35.3 Å². The predicted molar refractivity (Wildman–Crippen MR) is 77.2 cm³/mol. The van der Waals surface area contributed by atoms with Gasteiger partial charge in [-0.15, -0.1) is 0 Å². The molecule has 0 amide bonds. The number of hydrogen-bond donors (Lipinski definition) is 1. The Morgan fingerprint density at radius 1 is 1.29 bits per heavy atom. The third kappa shape index (κ3) is 3.17. The monoisotopic (exact) mass is 285 g/mol. The first-order chi connectivity index (χ1) is 10.2. The second-order valence-corrected chi connectivity index (χ2v) is 3.98. The van der Waals surface area contributed by atoms with Gasteiger partial charge < -0.3 is 14.8 Å². The van der Waals surface area contributed by atoms with Crippen LogP contribution in [0.1, 0.15) is 12.5 Å². The molecule has 0 saturated carbocycles. The number of benzene rings is 1. The van der Waals surface area contributed by atoms with Gasteiger partial charge in [-0.2, -0.15) is 20.2 Å². The first-order valence-electron chi connectivity index (χ1n) is 6.37. The molecule has 21 heavy (non-hydrogen) atoms. The smallest absolute Gasteiger partial charge is 0.321 e. The Morgan fingerprint density at radius 2 is 2.10 bits per heavy atom. The molecule has 0 fully saturated rings. The highest BCUT2D eigenvalue weighted by molar-refractivity contribution is 5.67. The van der Waals surface area contributed by atoms with Crippen molar-refractivity contribution in [3.05, 3.63) is 23.8 Å². The fourth-order valence-corrected chi connectivity index (χ4v) is 1.73. The van der Waals surface area contributed by atoms with E-state index in [9.17, 15) is 0 Å². The van der Waals surface area contributed by atoms with E-state index >= 15 is 0 Å². The zero-order chi connectivity index (χ0) is 15.2. The fraction of sp³-hybridized carbons (Fsp3) is 0.286. The quantitative estimate of drug-likeness (QED) is 0.896. The van der Waals surface area contributed by atoms with Crippen molar-refractivity contribution in [3.8, 4) is 29.2 Å². The number of aromatic nitrogens is 3. The lowest BCUT2D eigenvalue weighted by Crippen LogP contribution is -2.05. The maximum absolute atomic E-state index is 9.03. The molecule has 0 atom stereocenters. The minimum absolute atomic E-state index is 0.219. The van der Waals surface area contributed by atoms with Gasteiger partial charge in [0.2, 0.25) is 5.95 Å². The number of methoxy groups -OCH3 is 1.